The summed E-state index contributed by atoms with van der Waals surface area (Å²) < 4.78 is 8.15. The van der Waals surface area contributed by atoms with Crippen LogP contribution in [0.4, 0.5) is 5.69 Å². The molecule has 1 aliphatic heterocycles. The van der Waals surface area contributed by atoms with Gasteiger partial charge in [0.15, 0.2) is 5.69 Å². The standard InChI is InChI=1S/C20H16Cl2N4O2/c1-26-18-12-5-2-3-6-13(12)28-20(7-4-8-20)16(18)17(25-26)19(27)23-11-9-14(21)24-15(22)10-11/h2-3,5-6,9-10H,4,7-8H2,1H3,(H,23,24,27). The molecule has 0 atom stereocenters. The van der Waals surface area contributed by atoms with Crippen LogP contribution in [0.1, 0.15) is 35.3 Å². The summed E-state index contributed by atoms with van der Waals surface area (Å²) in [6.07, 6.45) is 2.76. The number of nitrogens with one attached hydrogen (secondary N) is 1. The largest absolute Gasteiger partial charge is 0.482 e. The summed E-state index contributed by atoms with van der Waals surface area (Å²) in [6.45, 7) is 0. The lowest BCUT2D eigenvalue weighted by Crippen LogP contribution is -2.43. The molecule has 1 saturated carbocycles. The van der Waals surface area contributed by atoms with E-state index >= 15 is 0 Å². The van der Waals surface area contributed by atoms with Gasteiger partial charge in [-0.1, -0.05) is 35.3 Å². The Kier molecular flexibility index (Phi) is 3.89. The molecule has 1 fully saturated rings. The van der Waals surface area contributed by atoms with Gasteiger partial charge in [-0.3, -0.25) is 9.48 Å². The second-order valence-electron chi connectivity index (χ2n) is 7.10. The van der Waals surface area contributed by atoms with Crippen molar-refractivity contribution in [3.8, 4) is 17.0 Å². The van der Waals surface area contributed by atoms with Crippen molar-refractivity contribution in [2.24, 2.45) is 7.05 Å². The van der Waals surface area contributed by atoms with Gasteiger partial charge in [0.2, 0.25) is 0 Å². The molecule has 5 rings (SSSR count). The monoisotopic (exact) mass is 414 g/mol. The number of anilines is 1. The number of amides is 1. The first-order valence-corrected chi connectivity index (χ1v) is 9.73. The molecule has 1 spiro atoms. The second-order valence-corrected chi connectivity index (χ2v) is 7.87. The highest BCUT2D eigenvalue weighted by Crippen LogP contribution is 2.54. The van der Waals surface area contributed by atoms with E-state index in [1.807, 2.05) is 31.3 Å². The van der Waals surface area contributed by atoms with E-state index < -0.39 is 5.60 Å². The number of fused-ring (bicyclic) bond motifs is 4. The topological polar surface area (TPSA) is 69.0 Å². The van der Waals surface area contributed by atoms with Crippen LogP contribution in [0.3, 0.4) is 0 Å². The van der Waals surface area contributed by atoms with Crippen LogP contribution in [0.25, 0.3) is 11.3 Å². The molecule has 0 unspecified atom stereocenters. The number of aryl methyl sites for hydroxylation is 1. The van der Waals surface area contributed by atoms with Gasteiger partial charge in [-0.2, -0.15) is 5.10 Å². The molecule has 3 heterocycles. The number of carbonyl (C=O) groups is 1. The third-order valence-corrected chi connectivity index (χ3v) is 5.73. The van der Waals surface area contributed by atoms with Crippen molar-refractivity contribution in [1.29, 1.82) is 0 Å². The quantitative estimate of drug-likeness (QED) is 0.610. The number of hydrogen-bond donors (Lipinski definition) is 1. The zero-order valence-corrected chi connectivity index (χ0v) is 16.5. The molecule has 142 valence electrons. The van der Waals surface area contributed by atoms with Crippen LogP contribution in [0, 0.1) is 0 Å². The van der Waals surface area contributed by atoms with Crippen molar-refractivity contribution < 1.29 is 9.53 Å². The van der Waals surface area contributed by atoms with Crippen LogP contribution in [-0.2, 0) is 12.6 Å². The molecular weight excluding hydrogens is 399 g/mol. The molecule has 0 saturated heterocycles. The highest BCUT2D eigenvalue weighted by atomic mass is 35.5. The predicted molar refractivity (Wildman–Crippen MR) is 107 cm³/mol. The van der Waals surface area contributed by atoms with E-state index in [0.29, 0.717) is 11.4 Å². The normalized spacial score (nSPS) is 16.0. The third-order valence-electron chi connectivity index (χ3n) is 5.35. The summed E-state index contributed by atoms with van der Waals surface area (Å²) in [5.41, 5.74) is 3.04. The molecule has 1 aliphatic carbocycles. The zero-order chi connectivity index (χ0) is 19.5. The number of ether oxygens (including phenoxy) is 1. The summed E-state index contributed by atoms with van der Waals surface area (Å²) >= 11 is 11.9. The van der Waals surface area contributed by atoms with Gasteiger partial charge in [-0.05, 0) is 43.5 Å². The SMILES string of the molecule is Cn1nc(C(=O)Nc2cc(Cl)nc(Cl)c2)c2c1-c1ccccc1OC21CCC1. The Morgan fingerprint density at radius 1 is 1.21 bits per heavy atom. The first-order valence-electron chi connectivity index (χ1n) is 8.97. The van der Waals surface area contributed by atoms with E-state index in [1.165, 1.54) is 0 Å². The summed E-state index contributed by atoms with van der Waals surface area (Å²) in [7, 11) is 1.85. The second kappa shape index (κ2) is 6.22. The number of benzene rings is 1. The van der Waals surface area contributed by atoms with E-state index in [2.05, 4.69) is 15.4 Å². The first-order chi connectivity index (χ1) is 13.5. The average molecular weight is 415 g/mol. The molecule has 1 amide bonds. The van der Waals surface area contributed by atoms with Crippen molar-refractivity contribution in [3.05, 3.63) is 58.0 Å². The first kappa shape index (κ1) is 17.5. The molecule has 2 aromatic heterocycles. The smallest absolute Gasteiger partial charge is 0.276 e. The van der Waals surface area contributed by atoms with Gasteiger partial charge in [0, 0.05) is 18.3 Å². The molecule has 6 nitrogen and oxygen atoms in total. The molecule has 8 heteroatoms. The lowest BCUT2D eigenvalue weighted by molar-refractivity contribution is -0.0150. The Balaban J connectivity index is 1.62. The summed E-state index contributed by atoms with van der Waals surface area (Å²) in [5.74, 6) is 0.502. The Morgan fingerprint density at radius 3 is 2.61 bits per heavy atom. The average Bonchev–Trinajstić information content (AvgIpc) is 2.97. The van der Waals surface area contributed by atoms with Crippen molar-refractivity contribution in [2.75, 3.05) is 5.32 Å². The molecule has 0 radical (unpaired) electrons. The Labute approximate surface area is 171 Å². The number of halogens is 2. The summed E-state index contributed by atoms with van der Waals surface area (Å²) in [5, 5.41) is 7.80. The molecule has 2 aliphatic rings. The maximum absolute atomic E-state index is 13.1. The van der Waals surface area contributed by atoms with Crippen LogP contribution in [0.5, 0.6) is 5.75 Å². The molecular formula is C20H16Cl2N4O2. The van der Waals surface area contributed by atoms with Crippen LogP contribution >= 0.6 is 23.2 Å². The Hall–Kier alpha value is -2.57. The number of aromatic nitrogens is 3. The van der Waals surface area contributed by atoms with Crippen LogP contribution < -0.4 is 10.1 Å². The van der Waals surface area contributed by atoms with Gasteiger partial charge in [0.25, 0.3) is 5.91 Å². The summed E-state index contributed by atoms with van der Waals surface area (Å²) in [4.78, 5) is 17.0. The van der Waals surface area contributed by atoms with Gasteiger partial charge in [0.05, 0.1) is 11.3 Å². The van der Waals surface area contributed by atoms with E-state index in [9.17, 15) is 4.79 Å². The number of nitrogens with zero attached hydrogens (tertiary/aromatic N) is 3. The van der Waals surface area contributed by atoms with Crippen LogP contribution in [-0.4, -0.2) is 20.7 Å². The van der Waals surface area contributed by atoms with Gasteiger partial charge in [0.1, 0.15) is 21.7 Å². The Morgan fingerprint density at radius 2 is 1.93 bits per heavy atom. The van der Waals surface area contributed by atoms with E-state index in [0.717, 1.165) is 41.8 Å². The number of carbonyl (C=O) groups excluding carboxylic acids is 1. The number of rotatable bonds is 2. The molecule has 0 bridgehead atoms. The van der Waals surface area contributed by atoms with Gasteiger partial charge in [-0.15, -0.1) is 0 Å². The fourth-order valence-corrected chi connectivity index (χ4v) is 4.47. The van der Waals surface area contributed by atoms with E-state index in [-0.39, 0.29) is 16.2 Å². The number of para-hydroxylation sites is 1. The molecule has 3 aromatic rings. The predicted octanol–water partition coefficient (Wildman–Crippen LogP) is 4.81. The van der Waals surface area contributed by atoms with Gasteiger partial charge < -0.3 is 10.1 Å². The highest BCUT2D eigenvalue weighted by Gasteiger charge is 2.50. The van der Waals surface area contributed by atoms with Crippen LogP contribution in [0.2, 0.25) is 10.3 Å². The molecule has 1 aromatic carbocycles. The highest BCUT2D eigenvalue weighted by molar-refractivity contribution is 6.33. The van der Waals surface area contributed by atoms with Gasteiger partial charge in [-0.25, -0.2) is 4.98 Å². The Bertz CT molecular complexity index is 1100. The minimum atomic E-state index is -0.502. The summed E-state index contributed by atoms with van der Waals surface area (Å²) in [6, 6.07) is 11.0. The maximum atomic E-state index is 13.1. The fourth-order valence-electron chi connectivity index (χ4n) is 4.01. The molecule has 28 heavy (non-hydrogen) atoms. The minimum Gasteiger partial charge on any atom is -0.482 e. The minimum absolute atomic E-state index is 0.207. The lowest BCUT2D eigenvalue weighted by atomic mass is 9.71. The van der Waals surface area contributed by atoms with E-state index in [1.54, 1.807) is 16.8 Å². The van der Waals surface area contributed by atoms with E-state index in [4.69, 9.17) is 27.9 Å². The fraction of sp³-hybridized carbons (Fsp3) is 0.250. The molecule has 1 N–H and O–H groups in total. The van der Waals surface area contributed by atoms with Crippen molar-refractivity contribution >= 4 is 34.8 Å². The third kappa shape index (κ3) is 2.59. The van der Waals surface area contributed by atoms with Crippen molar-refractivity contribution in [3.63, 3.8) is 0 Å². The van der Waals surface area contributed by atoms with Gasteiger partial charge >= 0.3 is 0 Å². The zero-order valence-electron chi connectivity index (χ0n) is 15.0. The van der Waals surface area contributed by atoms with Crippen LogP contribution in [0.15, 0.2) is 36.4 Å². The van der Waals surface area contributed by atoms with Crippen molar-refractivity contribution in [2.45, 2.75) is 24.9 Å². The maximum Gasteiger partial charge on any atom is 0.276 e. The van der Waals surface area contributed by atoms with Crippen molar-refractivity contribution in [1.82, 2.24) is 14.8 Å². The number of pyridine rings is 1. The lowest BCUT2D eigenvalue weighted by Gasteiger charge is -2.45. The number of hydrogen-bond acceptors (Lipinski definition) is 4.